The van der Waals surface area contributed by atoms with Crippen LogP contribution in [0.15, 0.2) is 18.2 Å². The summed E-state index contributed by atoms with van der Waals surface area (Å²) in [6.07, 6.45) is 10.4. The zero-order valence-corrected chi connectivity index (χ0v) is 13.7. The van der Waals surface area contributed by atoms with Crippen LogP contribution in [0.25, 0.3) is 0 Å². The van der Waals surface area contributed by atoms with Crippen molar-refractivity contribution in [1.29, 1.82) is 0 Å². The average Bonchev–Trinajstić information content (AvgIpc) is 2.81. The number of ether oxygens (including phenoxy) is 1. The molecule has 1 heterocycles. The molecule has 1 aromatic carbocycles. The highest BCUT2D eigenvalue weighted by Crippen LogP contribution is 2.36. The number of benzene rings is 1. The van der Waals surface area contributed by atoms with E-state index < -0.39 is 0 Å². The molecule has 2 fully saturated rings. The van der Waals surface area contributed by atoms with Gasteiger partial charge in [-0.2, -0.15) is 0 Å². The van der Waals surface area contributed by atoms with Gasteiger partial charge in [-0.05, 0) is 69.3 Å². The van der Waals surface area contributed by atoms with Crippen LogP contribution in [0.1, 0.15) is 62.8 Å². The monoisotopic (exact) mass is 305 g/mol. The van der Waals surface area contributed by atoms with Crippen molar-refractivity contribution < 1.29 is 9.13 Å². The molecule has 0 amide bonds. The molecular weight excluding hydrogens is 277 g/mol. The summed E-state index contributed by atoms with van der Waals surface area (Å²) in [6.45, 7) is 2.35. The van der Waals surface area contributed by atoms with E-state index in [2.05, 4.69) is 4.90 Å². The molecule has 1 aliphatic carbocycles. The normalized spacial score (nSPS) is 24.9. The Morgan fingerprint density at radius 3 is 2.59 bits per heavy atom. The van der Waals surface area contributed by atoms with Gasteiger partial charge in [0.15, 0.2) is 0 Å². The first kappa shape index (κ1) is 15.8. The molecule has 0 bridgehead atoms. The minimum absolute atomic E-state index is 0.149. The number of halogens is 1. The van der Waals surface area contributed by atoms with E-state index in [0.717, 1.165) is 36.7 Å². The van der Waals surface area contributed by atoms with Crippen LogP contribution in [0.5, 0.6) is 5.75 Å². The van der Waals surface area contributed by atoms with Gasteiger partial charge in [0.1, 0.15) is 11.6 Å². The maximum absolute atomic E-state index is 13.6. The largest absolute Gasteiger partial charge is 0.496 e. The summed E-state index contributed by atoms with van der Waals surface area (Å²) in [5.41, 5.74) is 1.06. The maximum Gasteiger partial charge on any atom is 0.123 e. The van der Waals surface area contributed by atoms with Crippen molar-refractivity contribution in [2.45, 2.75) is 63.3 Å². The van der Waals surface area contributed by atoms with Crippen molar-refractivity contribution in [2.75, 3.05) is 20.2 Å². The van der Waals surface area contributed by atoms with Gasteiger partial charge in [-0.15, -0.1) is 0 Å². The fourth-order valence-electron chi connectivity index (χ4n) is 4.27. The molecule has 1 unspecified atom stereocenters. The van der Waals surface area contributed by atoms with Crippen LogP contribution < -0.4 is 4.74 Å². The first-order chi connectivity index (χ1) is 10.8. The number of hydrogen-bond donors (Lipinski definition) is 0. The third-order valence-electron chi connectivity index (χ3n) is 5.49. The molecule has 1 saturated carbocycles. The Morgan fingerprint density at radius 2 is 1.82 bits per heavy atom. The van der Waals surface area contributed by atoms with Crippen LogP contribution in [0.4, 0.5) is 4.39 Å². The van der Waals surface area contributed by atoms with Gasteiger partial charge < -0.3 is 9.64 Å². The standard InChI is InChI=1S/C19H28FNO/c1-22-19-10-9-16(20)14-18(19)15-6-5-12-21(13-11-15)17-7-3-2-4-8-17/h9-10,14-15,17H,2-8,11-13H2,1H3. The Kier molecular flexibility index (Phi) is 5.35. The first-order valence-corrected chi connectivity index (χ1v) is 8.85. The summed E-state index contributed by atoms with van der Waals surface area (Å²) in [5, 5.41) is 0. The van der Waals surface area contributed by atoms with Crippen molar-refractivity contribution in [3.05, 3.63) is 29.6 Å². The SMILES string of the molecule is COc1ccc(F)cc1C1CCCN(C2CCCCC2)CC1. The van der Waals surface area contributed by atoms with E-state index in [1.54, 1.807) is 19.2 Å². The van der Waals surface area contributed by atoms with Gasteiger partial charge in [-0.3, -0.25) is 0 Å². The number of likely N-dealkylation sites (tertiary alicyclic amines) is 1. The molecule has 2 aliphatic rings. The molecule has 1 aromatic rings. The van der Waals surface area contributed by atoms with E-state index in [1.165, 1.54) is 51.1 Å². The Morgan fingerprint density at radius 1 is 1.00 bits per heavy atom. The van der Waals surface area contributed by atoms with Crippen LogP contribution in [0.3, 0.4) is 0 Å². The van der Waals surface area contributed by atoms with E-state index in [4.69, 9.17) is 4.74 Å². The third-order valence-corrected chi connectivity index (χ3v) is 5.49. The summed E-state index contributed by atoms with van der Waals surface area (Å²) in [4.78, 5) is 2.70. The van der Waals surface area contributed by atoms with Crippen molar-refractivity contribution >= 4 is 0 Å². The molecule has 3 heteroatoms. The fraction of sp³-hybridized carbons (Fsp3) is 0.684. The van der Waals surface area contributed by atoms with E-state index in [9.17, 15) is 4.39 Å². The lowest BCUT2D eigenvalue weighted by Crippen LogP contribution is -2.37. The van der Waals surface area contributed by atoms with E-state index in [-0.39, 0.29) is 5.82 Å². The van der Waals surface area contributed by atoms with Crippen LogP contribution in [-0.2, 0) is 0 Å². The van der Waals surface area contributed by atoms with E-state index in [0.29, 0.717) is 5.92 Å². The van der Waals surface area contributed by atoms with E-state index in [1.807, 2.05) is 0 Å². The topological polar surface area (TPSA) is 12.5 Å². The fourth-order valence-corrected chi connectivity index (χ4v) is 4.27. The zero-order valence-electron chi connectivity index (χ0n) is 13.7. The Hall–Kier alpha value is -1.09. The highest BCUT2D eigenvalue weighted by atomic mass is 19.1. The van der Waals surface area contributed by atoms with Gasteiger partial charge in [-0.1, -0.05) is 19.3 Å². The van der Waals surface area contributed by atoms with Crippen LogP contribution in [0, 0.1) is 5.82 Å². The summed E-state index contributed by atoms with van der Waals surface area (Å²) >= 11 is 0. The van der Waals surface area contributed by atoms with Gasteiger partial charge in [-0.25, -0.2) is 4.39 Å². The van der Waals surface area contributed by atoms with Crippen LogP contribution in [-0.4, -0.2) is 31.1 Å². The number of hydrogen-bond acceptors (Lipinski definition) is 2. The van der Waals surface area contributed by atoms with E-state index >= 15 is 0 Å². The highest BCUT2D eigenvalue weighted by molar-refractivity contribution is 5.37. The Labute approximate surface area is 133 Å². The second-order valence-corrected chi connectivity index (χ2v) is 6.84. The van der Waals surface area contributed by atoms with Crippen molar-refractivity contribution in [3.8, 4) is 5.75 Å². The molecule has 0 radical (unpaired) electrons. The van der Waals surface area contributed by atoms with Crippen molar-refractivity contribution in [2.24, 2.45) is 0 Å². The lowest BCUT2D eigenvalue weighted by atomic mass is 9.91. The van der Waals surface area contributed by atoms with Gasteiger partial charge in [0, 0.05) is 11.6 Å². The smallest absolute Gasteiger partial charge is 0.123 e. The van der Waals surface area contributed by atoms with Gasteiger partial charge in [0.25, 0.3) is 0 Å². The van der Waals surface area contributed by atoms with Crippen LogP contribution >= 0.6 is 0 Å². The van der Waals surface area contributed by atoms with Crippen molar-refractivity contribution in [3.63, 3.8) is 0 Å². The molecule has 2 nitrogen and oxygen atoms in total. The second-order valence-electron chi connectivity index (χ2n) is 6.84. The lowest BCUT2D eigenvalue weighted by molar-refractivity contribution is 0.161. The number of nitrogens with zero attached hydrogens (tertiary/aromatic N) is 1. The molecule has 0 N–H and O–H groups in total. The summed E-state index contributed by atoms with van der Waals surface area (Å²) in [5.74, 6) is 1.13. The average molecular weight is 305 g/mol. The highest BCUT2D eigenvalue weighted by Gasteiger charge is 2.26. The van der Waals surface area contributed by atoms with Gasteiger partial charge >= 0.3 is 0 Å². The molecular formula is C19H28FNO. The third kappa shape index (κ3) is 3.62. The summed E-state index contributed by atoms with van der Waals surface area (Å²) in [7, 11) is 1.68. The summed E-state index contributed by atoms with van der Waals surface area (Å²) in [6, 6.07) is 5.74. The molecule has 3 rings (SSSR count). The predicted octanol–water partition coefficient (Wildman–Crippen LogP) is 4.74. The number of rotatable bonds is 3. The minimum atomic E-state index is -0.149. The maximum atomic E-state index is 13.6. The molecule has 1 saturated heterocycles. The van der Waals surface area contributed by atoms with Gasteiger partial charge in [0.2, 0.25) is 0 Å². The quantitative estimate of drug-likeness (QED) is 0.800. The molecule has 122 valence electrons. The second kappa shape index (κ2) is 7.45. The zero-order chi connectivity index (χ0) is 15.4. The molecule has 1 aliphatic heterocycles. The molecule has 1 atom stereocenters. The first-order valence-electron chi connectivity index (χ1n) is 8.85. The Balaban J connectivity index is 1.68. The minimum Gasteiger partial charge on any atom is -0.496 e. The van der Waals surface area contributed by atoms with Crippen LogP contribution in [0.2, 0.25) is 0 Å². The molecule has 0 aromatic heterocycles. The summed E-state index contributed by atoms with van der Waals surface area (Å²) < 4.78 is 19.1. The van der Waals surface area contributed by atoms with Crippen molar-refractivity contribution in [1.82, 2.24) is 4.90 Å². The number of methoxy groups -OCH3 is 1. The lowest BCUT2D eigenvalue weighted by Gasteiger charge is -2.33. The Bertz CT molecular complexity index is 484. The predicted molar refractivity (Wildman–Crippen MR) is 88.0 cm³/mol. The molecule has 22 heavy (non-hydrogen) atoms. The molecule has 0 spiro atoms. The van der Waals surface area contributed by atoms with Gasteiger partial charge in [0.05, 0.1) is 7.11 Å².